The van der Waals surface area contributed by atoms with Crippen LogP contribution in [0, 0.1) is 0 Å². The fourth-order valence-corrected chi connectivity index (χ4v) is 3.04. The van der Waals surface area contributed by atoms with E-state index in [1.165, 1.54) is 0 Å². The highest BCUT2D eigenvalue weighted by molar-refractivity contribution is 6.36. The standard InChI is InChI=1S/C18H11ClN2O/c19-17-16-14(10-11-20-17)13-8-4-5-9-15(13)21(16)18(22)12-6-2-1-3-7-12/h1-11H. The monoisotopic (exact) mass is 306 g/mol. The number of benzene rings is 2. The molecule has 106 valence electrons. The number of fused-ring (bicyclic) bond motifs is 3. The van der Waals surface area contributed by atoms with Crippen LogP contribution in [0.3, 0.4) is 0 Å². The lowest BCUT2D eigenvalue weighted by Crippen LogP contribution is -2.11. The van der Waals surface area contributed by atoms with Crippen molar-refractivity contribution in [3.05, 3.63) is 77.6 Å². The van der Waals surface area contributed by atoms with Gasteiger partial charge >= 0.3 is 0 Å². The molecule has 0 N–H and O–H groups in total. The third-order valence-electron chi connectivity index (χ3n) is 3.76. The van der Waals surface area contributed by atoms with E-state index in [4.69, 9.17) is 11.6 Å². The van der Waals surface area contributed by atoms with Crippen LogP contribution in [0.2, 0.25) is 5.15 Å². The molecule has 4 rings (SSSR count). The van der Waals surface area contributed by atoms with Crippen LogP contribution < -0.4 is 0 Å². The number of rotatable bonds is 1. The van der Waals surface area contributed by atoms with E-state index in [1.54, 1.807) is 22.9 Å². The highest BCUT2D eigenvalue weighted by atomic mass is 35.5. The summed E-state index contributed by atoms with van der Waals surface area (Å²) < 4.78 is 1.65. The smallest absolute Gasteiger partial charge is 0.262 e. The molecule has 2 heterocycles. The summed E-state index contributed by atoms with van der Waals surface area (Å²) >= 11 is 6.28. The van der Waals surface area contributed by atoms with Gasteiger partial charge in [-0.25, -0.2) is 4.98 Å². The molecule has 0 aliphatic rings. The minimum Gasteiger partial charge on any atom is -0.273 e. The van der Waals surface area contributed by atoms with E-state index in [1.807, 2.05) is 48.5 Å². The molecule has 4 aromatic rings. The minimum atomic E-state index is -0.110. The topological polar surface area (TPSA) is 34.9 Å². The van der Waals surface area contributed by atoms with Gasteiger partial charge in [-0.05, 0) is 24.3 Å². The summed E-state index contributed by atoms with van der Waals surface area (Å²) in [5.74, 6) is -0.110. The number of pyridine rings is 1. The van der Waals surface area contributed by atoms with Crippen LogP contribution in [0.25, 0.3) is 21.8 Å². The van der Waals surface area contributed by atoms with Crippen LogP contribution in [0.4, 0.5) is 0 Å². The van der Waals surface area contributed by atoms with E-state index in [-0.39, 0.29) is 5.91 Å². The largest absolute Gasteiger partial charge is 0.273 e. The lowest BCUT2D eigenvalue weighted by atomic mass is 10.2. The normalized spacial score (nSPS) is 11.1. The molecule has 4 heteroatoms. The molecule has 2 aromatic carbocycles. The number of hydrogen-bond donors (Lipinski definition) is 0. The Kier molecular flexibility index (Phi) is 2.94. The zero-order valence-corrected chi connectivity index (χ0v) is 12.3. The molecule has 22 heavy (non-hydrogen) atoms. The predicted molar refractivity (Wildman–Crippen MR) is 88.4 cm³/mol. The first-order valence-corrected chi connectivity index (χ1v) is 7.28. The summed E-state index contributed by atoms with van der Waals surface area (Å²) in [6.07, 6.45) is 1.66. The fourth-order valence-electron chi connectivity index (χ4n) is 2.80. The van der Waals surface area contributed by atoms with Crippen LogP contribution in [-0.4, -0.2) is 15.5 Å². The average molecular weight is 307 g/mol. The fraction of sp³-hybridized carbons (Fsp3) is 0. The van der Waals surface area contributed by atoms with Gasteiger partial charge in [0.15, 0.2) is 5.15 Å². The predicted octanol–water partition coefficient (Wildman–Crippen LogP) is 4.53. The van der Waals surface area contributed by atoms with Crippen molar-refractivity contribution in [3.8, 4) is 0 Å². The second-order valence-corrected chi connectivity index (χ2v) is 5.38. The van der Waals surface area contributed by atoms with E-state index >= 15 is 0 Å². The summed E-state index contributed by atoms with van der Waals surface area (Å²) in [6, 6.07) is 18.8. The van der Waals surface area contributed by atoms with E-state index in [9.17, 15) is 4.79 Å². The summed E-state index contributed by atoms with van der Waals surface area (Å²) in [6.45, 7) is 0. The Morgan fingerprint density at radius 1 is 0.909 bits per heavy atom. The van der Waals surface area contributed by atoms with Gasteiger partial charge in [-0.1, -0.05) is 48.0 Å². The minimum absolute atomic E-state index is 0.110. The molecule has 0 unspecified atom stereocenters. The van der Waals surface area contributed by atoms with Gasteiger partial charge in [0.2, 0.25) is 0 Å². The Hall–Kier alpha value is -2.65. The van der Waals surface area contributed by atoms with Crippen molar-refractivity contribution < 1.29 is 4.79 Å². The number of carbonyl (C=O) groups is 1. The Labute approximate surface area is 131 Å². The van der Waals surface area contributed by atoms with Crippen molar-refractivity contribution in [3.63, 3.8) is 0 Å². The Balaban J connectivity index is 2.13. The third-order valence-corrected chi connectivity index (χ3v) is 4.04. The van der Waals surface area contributed by atoms with Gasteiger partial charge < -0.3 is 0 Å². The average Bonchev–Trinajstić information content (AvgIpc) is 2.91. The van der Waals surface area contributed by atoms with Crippen molar-refractivity contribution >= 4 is 39.3 Å². The van der Waals surface area contributed by atoms with Crippen molar-refractivity contribution in [2.24, 2.45) is 0 Å². The van der Waals surface area contributed by atoms with Gasteiger partial charge in [0, 0.05) is 22.5 Å². The molecule has 0 aliphatic heterocycles. The lowest BCUT2D eigenvalue weighted by Gasteiger charge is -2.06. The SMILES string of the molecule is O=C(c1ccccc1)n1c2ccccc2c2ccnc(Cl)c21. The van der Waals surface area contributed by atoms with E-state index < -0.39 is 0 Å². The summed E-state index contributed by atoms with van der Waals surface area (Å²) in [4.78, 5) is 17.1. The number of para-hydroxylation sites is 1. The molecule has 0 aliphatic carbocycles. The second kappa shape index (κ2) is 4.97. The number of nitrogens with zero attached hydrogens (tertiary/aromatic N) is 2. The molecule has 0 fully saturated rings. The van der Waals surface area contributed by atoms with Crippen LogP contribution in [0.1, 0.15) is 10.4 Å². The van der Waals surface area contributed by atoms with E-state index in [0.717, 1.165) is 16.3 Å². The molecule has 3 nitrogen and oxygen atoms in total. The zero-order chi connectivity index (χ0) is 15.1. The van der Waals surface area contributed by atoms with E-state index in [2.05, 4.69) is 4.98 Å². The lowest BCUT2D eigenvalue weighted by molar-refractivity contribution is 0.0969. The van der Waals surface area contributed by atoms with Gasteiger partial charge in [-0.2, -0.15) is 0 Å². The number of hydrogen-bond acceptors (Lipinski definition) is 2. The maximum Gasteiger partial charge on any atom is 0.262 e. The van der Waals surface area contributed by atoms with Crippen molar-refractivity contribution in [1.82, 2.24) is 9.55 Å². The molecule has 0 saturated heterocycles. The van der Waals surface area contributed by atoms with Crippen molar-refractivity contribution in [2.45, 2.75) is 0 Å². The Bertz CT molecular complexity index is 1010. The highest BCUT2D eigenvalue weighted by Crippen LogP contribution is 2.32. The van der Waals surface area contributed by atoms with Crippen molar-refractivity contribution in [2.75, 3.05) is 0 Å². The number of halogens is 1. The molecule has 0 atom stereocenters. The third kappa shape index (κ3) is 1.83. The Morgan fingerprint density at radius 3 is 2.45 bits per heavy atom. The second-order valence-electron chi connectivity index (χ2n) is 5.02. The maximum absolute atomic E-state index is 13.0. The van der Waals surface area contributed by atoms with Crippen LogP contribution in [0.5, 0.6) is 0 Å². The van der Waals surface area contributed by atoms with Gasteiger partial charge in [0.25, 0.3) is 5.91 Å². The number of aromatic nitrogens is 2. The molecule has 2 aromatic heterocycles. The molecule has 0 saturated carbocycles. The first-order chi connectivity index (χ1) is 10.8. The summed E-state index contributed by atoms with van der Waals surface area (Å²) in [5.41, 5.74) is 2.10. The quantitative estimate of drug-likeness (QED) is 0.484. The van der Waals surface area contributed by atoms with Crippen molar-refractivity contribution in [1.29, 1.82) is 0 Å². The van der Waals surface area contributed by atoms with Crippen LogP contribution in [0.15, 0.2) is 66.9 Å². The van der Waals surface area contributed by atoms with Gasteiger partial charge in [0.1, 0.15) is 0 Å². The van der Waals surface area contributed by atoms with Gasteiger partial charge in [-0.3, -0.25) is 9.36 Å². The van der Waals surface area contributed by atoms with E-state index in [0.29, 0.717) is 16.2 Å². The molecule has 0 bridgehead atoms. The first-order valence-electron chi connectivity index (χ1n) is 6.91. The summed E-state index contributed by atoms with van der Waals surface area (Å²) in [5, 5.41) is 2.25. The molecule has 0 spiro atoms. The summed E-state index contributed by atoms with van der Waals surface area (Å²) in [7, 11) is 0. The zero-order valence-electron chi connectivity index (χ0n) is 11.5. The molecule has 0 amide bonds. The molecular formula is C18H11ClN2O. The highest BCUT2D eigenvalue weighted by Gasteiger charge is 2.19. The van der Waals surface area contributed by atoms with Gasteiger partial charge in [-0.15, -0.1) is 0 Å². The van der Waals surface area contributed by atoms with Crippen LogP contribution in [-0.2, 0) is 0 Å². The first kappa shape index (κ1) is 13.0. The molecule has 0 radical (unpaired) electrons. The maximum atomic E-state index is 13.0. The number of carbonyl (C=O) groups excluding carboxylic acids is 1. The van der Waals surface area contributed by atoms with Crippen LogP contribution >= 0.6 is 11.6 Å². The van der Waals surface area contributed by atoms with Gasteiger partial charge in [0.05, 0.1) is 11.0 Å². The molecular weight excluding hydrogens is 296 g/mol. The Morgan fingerprint density at radius 2 is 1.64 bits per heavy atom.